The smallest absolute Gasteiger partial charge is 0.319 e. The fraction of sp³-hybridized carbons (Fsp3) is 0.500. The summed E-state index contributed by atoms with van der Waals surface area (Å²) in [6.45, 7) is 8.19. The average molecular weight is 469 g/mol. The second-order valence-corrected chi connectivity index (χ2v) is 8.51. The summed E-state index contributed by atoms with van der Waals surface area (Å²) in [5, 5.41) is 5.52. The van der Waals surface area contributed by atoms with E-state index in [9.17, 15) is 9.59 Å². The van der Waals surface area contributed by atoms with Gasteiger partial charge < -0.3 is 25.0 Å². The molecule has 10 nitrogen and oxygen atoms in total. The van der Waals surface area contributed by atoms with Crippen molar-refractivity contribution in [3.8, 4) is 11.4 Å². The third-order valence-electron chi connectivity index (χ3n) is 6.08. The molecule has 1 aromatic carbocycles. The van der Waals surface area contributed by atoms with Crippen LogP contribution in [-0.2, 0) is 27.2 Å². The van der Waals surface area contributed by atoms with Crippen LogP contribution in [0.3, 0.4) is 0 Å². The van der Waals surface area contributed by atoms with Gasteiger partial charge in [0.1, 0.15) is 5.82 Å². The fourth-order valence-electron chi connectivity index (χ4n) is 4.29. The van der Waals surface area contributed by atoms with Crippen molar-refractivity contribution >= 4 is 23.5 Å². The predicted molar refractivity (Wildman–Crippen MR) is 129 cm³/mol. The summed E-state index contributed by atoms with van der Waals surface area (Å²) in [6, 6.07) is 7.46. The van der Waals surface area contributed by atoms with Crippen molar-refractivity contribution in [1.29, 1.82) is 0 Å². The van der Waals surface area contributed by atoms with Crippen molar-refractivity contribution in [2.45, 2.75) is 32.9 Å². The maximum atomic E-state index is 11.8. The van der Waals surface area contributed by atoms with Gasteiger partial charge in [0.15, 0.2) is 5.82 Å². The second kappa shape index (κ2) is 10.8. The van der Waals surface area contributed by atoms with E-state index in [0.29, 0.717) is 37.8 Å². The van der Waals surface area contributed by atoms with Crippen molar-refractivity contribution in [3.05, 3.63) is 35.5 Å². The molecule has 2 aliphatic rings. The van der Waals surface area contributed by atoms with E-state index in [4.69, 9.17) is 19.4 Å². The van der Waals surface area contributed by atoms with Crippen molar-refractivity contribution in [2.24, 2.45) is 0 Å². The summed E-state index contributed by atoms with van der Waals surface area (Å²) in [6.07, 6.45) is 0.765. The number of morpholine rings is 1. The highest BCUT2D eigenvalue weighted by molar-refractivity contribution is 5.89. The summed E-state index contributed by atoms with van der Waals surface area (Å²) in [4.78, 5) is 37.9. The van der Waals surface area contributed by atoms with Gasteiger partial charge in [-0.05, 0) is 44.5 Å². The van der Waals surface area contributed by atoms with E-state index in [0.717, 1.165) is 42.1 Å². The van der Waals surface area contributed by atoms with Crippen LogP contribution < -0.4 is 15.5 Å². The molecule has 1 fully saturated rings. The Labute approximate surface area is 199 Å². The molecule has 0 radical (unpaired) electrons. The number of methoxy groups -OCH3 is 1. The lowest BCUT2D eigenvalue weighted by Crippen LogP contribution is -2.45. The molecule has 1 saturated heterocycles. The number of amides is 2. The van der Waals surface area contributed by atoms with E-state index in [1.807, 2.05) is 31.2 Å². The number of hydrogen-bond donors (Lipinski definition) is 2. The van der Waals surface area contributed by atoms with Crippen LogP contribution in [0.1, 0.15) is 25.1 Å². The molecule has 0 aliphatic carbocycles. The number of rotatable bonds is 6. The number of aromatic nitrogens is 2. The Kier molecular flexibility index (Phi) is 7.59. The normalized spacial score (nSPS) is 18.2. The topological polar surface area (TPSA) is 109 Å². The van der Waals surface area contributed by atoms with Crippen molar-refractivity contribution in [2.75, 3.05) is 56.7 Å². The first-order valence-electron chi connectivity index (χ1n) is 11.7. The molecule has 1 aromatic heterocycles. The third kappa shape index (κ3) is 5.45. The van der Waals surface area contributed by atoms with E-state index in [1.54, 1.807) is 0 Å². The summed E-state index contributed by atoms with van der Waals surface area (Å²) < 4.78 is 10.5. The Morgan fingerprint density at radius 3 is 2.71 bits per heavy atom. The molecule has 1 unspecified atom stereocenters. The van der Waals surface area contributed by atoms with Crippen LogP contribution in [-0.4, -0.2) is 79.4 Å². The molecule has 1 atom stereocenters. The van der Waals surface area contributed by atoms with Gasteiger partial charge in [0.2, 0.25) is 0 Å². The number of urea groups is 1. The van der Waals surface area contributed by atoms with Gasteiger partial charge in [-0.3, -0.25) is 9.69 Å². The number of nitrogens with zero attached hydrogens (tertiary/aromatic N) is 4. The number of esters is 1. The zero-order chi connectivity index (χ0) is 24.1. The summed E-state index contributed by atoms with van der Waals surface area (Å²) in [5.74, 6) is 1.31. The van der Waals surface area contributed by atoms with Crippen LogP contribution in [0.5, 0.6) is 0 Å². The SMILES string of the molecule is CCNC(=O)Nc1ccc(-c2nc3c(c(N4CCOCC4C)n2)CCN(CC(=O)OC)C3)cc1. The van der Waals surface area contributed by atoms with Crippen LogP contribution >= 0.6 is 0 Å². The monoisotopic (exact) mass is 468 g/mol. The Hall–Kier alpha value is -3.24. The quantitative estimate of drug-likeness (QED) is 0.620. The maximum Gasteiger partial charge on any atom is 0.319 e. The lowest BCUT2D eigenvalue weighted by molar-refractivity contribution is -0.142. The molecular formula is C24H32N6O4. The number of nitrogens with one attached hydrogen (secondary N) is 2. The Morgan fingerprint density at radius 1 is 1.21 bits per heavy atom. The molecule has 2 aromatic rings. The number of anilines is 2. The zero-order valence-electron chi connectivity index (χ0n) is 20.0. The van der Waals surface area contributed by atoms with Crippen LogP contribution in [0, 0.1) is 0 Å². The molecule has 2 amide bonds. The van der Waals surface area contributed by atoms with Gasteiger partial charge in [-0.15, -0.1) is 0 Å². The maximum absolute atomic E-state index is 11.8. The fourth-order valence-corrected chi connectivity index (χ4v) is 4.29. The third-order valence-corrected chi connectivity index (χ3v) is 6.08. The number of hydrogen-bond acceptors (Lipinski definition) is 8. The van der Waals surface area contributed by atoms with Crippen LogP contribution in [0.25, 0.3) is 11.4 Å². The Morgan fingerprint density at radius 2 is 2.00 bits per heavy atom. The highest BCUT2D eigenvalue weighted by Gasteiger charge is 2.29. The van der Waals surface area contributed by atoms with Crippen LogP contribution in [0.15, 0.2) is 24.3 Å². The first-order valence-corrected chi connectivity index (χ1v) is 11.7. The zero-order valence-corrected chi connectivity index (χ0v) is 20.0. The van der Waals surface area contributed by atoms with Crippen molar-refractivity contribution in [1.82, 2.24) is 20.2 Å². The molecule has 3 heterocycles. The van der Waals surface area contributed by atoms with E-state index in [2.05, 4.69) is 27.4 Å². The average Bonchev–Trinajstić information content (AvgIpc) is 2.84. The summed E-state index contributed by atoms with van der Waals surface area (Å²) in [7, 11) is 1.41. The van der Waals surface area contributed by atoms with Crippen LogP contribution in [0.2, 0.25) is 0 Å². The molecule has 34 heavy (non-hydrogen) atoms. The highest BCUT2D eigenvalue weighted by atomic mass is 16.5. The molecule has 0 saturated carbocycles. The molecule has 4 rings (SSSR count). The number of benzene rings is 1. The molecule has 0 bridgehead atoms. The molecule has 10 heteroatoms. The molecular weight excluding hydrogens is 436 g/mol. The minimum absolute atomic E-state index is 0.206. The van der Waals surface area contributed by atoms with E-state index in [-0.39, 0.29) is 24.6 Å². The summed E-state index contributed by atoms with van der Waals surface area (Å²) in [5.41, 5.74) is 3.61. The molecule has 0 spiro atoms. The lowest BCUT2D eigenvalue weighted by Gasteiger charge is -2.37. The van der Waals surface area contributed by atoms with E-state index < -0.39 is 0 Å². The second-order valence-electron chi connectivity index (χ2n) is 8.51. The Bertz CT molecular complexity index is 1030. The van der Waals surface area contributed by atoms with Crippen molar-refractivity contribution < 1.29 is 19.1 Å². The van der Waals surface area contributed by atoms with Crippen LogP contribution in [0.4, 0.5) is 16.3 Å². The first-order chi connectivity index (χ1) is 16.5. The molecule has 182 valence electrons. The van der Waals surface area contributed by atoms with E-state index in [1.165, 1.54) is 7.11 Å². The highest BCUT2D eigenvalue weighted by Crippen LogP contribution is 2.31. The van der Waals surface area contributed by atoms with Gasteiger partial charge in [0.05, 0.1) is 38.6 Å². The van der Waals surface area contributed by atoms with E-state index >= 15 is 0 Å². The van der Waals surface area contributed by atoms with Crippen molar-refractivity contribution in [3.63, 3.8) is 0 Å². The van der Waals surface area contributed by atoms with Gasteiger partial charge in [0, 0.05) is 43.0 Å². The van der Waals surface area contributed by atoms with Gasteiger partial charge in [0.25, 0.3) is 0 Å². The van der Waals surface area contributed by atoms with Gasteiger partial charge in [-0.25, -0.2) is 14.8 Å². The minimum Gasteiger partial charge on any atom is -0.468 e. The minimum atomic E-state index is -0.255. The number of fused-ring (bicyclic) bond motifs is 1. The van der Waals surface area contributed by atoms with Gasteiger partial charge >= 0.3 is 12.0 Å². The number of carbonyl (C=O) groups is 2. The molecule has 2 N–H and O–H groups in total. The predicted octanol–water partition coefficient (Wildman–Crippen LogP) is 2.04. The number of carbonyl (C=O) groups excluding carboxylic acids is 2. The molecule has 2 aliphatic heterocycles. The first kappa shape index (κ1) is 23.9. The largest absolute Gasteiger partial charge is 0.468 e. The standard InChI is InChI=1S/C24H32N6O4/c1-4-25-24(32)26-18-7-5-17(6-8-18)22-27-20-13-29(14-21(31)33-3)10-9-19(20)23(28-22)30-11-12-34-15-16(30)2/h5-8,16H,4,9-15H2,1-3H3,(H2,25,26,32). The number of ether oxygens (including phenoxy) is 2. The van der Waals surface area contributed by atoms with Gasteiger partial charge in [-0.2, -0.15) is 0 Å². The lowest BCUT2D eigenvalue weighted by atomic mass is 10.0. The summed E-state index contributed by atoms with van der Waals surface area (Å²) >= 11 is 0. The van der Waals surface area contributed by atoms with Gasteiger partial charge in [-0.1, -0.05) is 0 Å². The Balaban J connectivity index is 1.66.